The van der Waals surface area contributed by atoms with Gasteiger partial charge in [-0.05, 0) is 25.0 Å². The fourth-order valence-electron chi connectivity index (χ4n) is 1.95. The van der Waals surface area contributed by atoms with Crippen LogP contribution >= 0.6 is 0 Å². The van der Waals surface area contributed by atoms with E-state index in [1.807, 2.05) is 0 Å². The Morgan fingerprint density at radius 3 is 2.59 bits per heavy atom. The number of rotatable bonds is 1. The Bertz CT molecular complexity index is 581. The van der Waals surface area contributed by atoms with E-state index in [4.69, 9.17) is 5.73 Å². The number of hydrogen-bond donors (Lipinski definition) is 2. The number of alkyl halides is 3. The second kappa shape index (κ2) is 3.01. The van der Waals surface area contributed by atoms with Crippen molar-refractivity contribution in [3.05, 3.63) is 29.5 Å². The van der Waals surface area contributed by atoms with Gasteiger partial charge in [-0.15, -0.1) is 0 Å². The molecule has 6 heteroatoms. The van der Waals surface area contributed by atoms with Crippen LogP contribution in [-0.4, -0.2) is 10.2 Å². The molecule has 1 saturated carbocycles. The first-order valence-corrected chi connectivity index (χ1v) is 5.25. The topological polar surface area (TPSA) is 54.7 Å². The minimum Gasteiger partial charge on any atom is -0.320 e. The van der Waals surface area contributed by atoms with E-state index in [1.165, 1.54) is 6.07 Å². The van der Waals surface area contributed by atoms with Crippen molar-refractivity contribution in [2.24, 2.45) is 5.73 Å². The average molecular weight is 241 g/mol. The molecule has 0 spiro atoms. The van der Waals surface area contributed by atoms with Gasteiger partial charge in [0.05, 0.1) is 22.3 Å². The van der Waals surface area contributed by atoms with Crippen LogP contribution in [0.5, 0.6) is 0 Å². The number of nitrogens with zero attached hydrogens (tertiary/aromatic N) is 1. The van der Waals surface area contributed by atoms with Crippen LogP contribution in [0.15, 0.2) is 18.2 Å². The molecule has 0 amide bonds. The molecule has 1 aliphatic rings. The van der Waals surface area contributed by atoms with Crippen molar-refractivity contribution in [1.29, 1.82) is 0 Å². The van der Waals surface area contributed by atoms with E-state index in [1.54, 1.807) is 0 Å². The Morgan fingerprint density at radius 1 is 1.29 bits per heavy atom. The molecule has 3 nitrogen and oxygen atoms in total. The summed E-state index contributed by atoms with van der Waals surface area (Å²) in [5, 5.41) is 7.33. The van der Waals surface area contributed by atoms with Crippen LogP contribution in [-0.2, 0) is 11.7 Å². The molecular weight excluding hydrogens is 231 g/mol. The SMILES string of the molecule is NC1(c2[nH]nc3cc(C(F)(F)F)ccc23)CC1. The third-order valence-electron chi connectivity index (χ3n) is 3.17. The maximum Gasteiger partial charge on any atom is 0.416 e. The molecule has 17 heavy (non-hydrogen) atoms. The summed E-state index contributed by atoms with van der Waals surface area (Å²) in [4.78, 5) is 0. The third-order valence-corrected chi connectivity index (χ3v) is 3.17. The van der Waals surface area contributed by atoms with Crippen LogP contribution in [0.2, 0.25) is 0 Å². The molecular formula is C11H10F3N3. The van der Waals surface area contributed by atoms with Crippen LogP contribution < -0.4 is 5.73 Å². The molecule has 0 atom stereocenters. The minimum absolute atomic E-state index is 0.312. The summed E-state index contributed by atoms with van der Waals surface area (Å²) in [6, 6.07) is 3.54. The van der Waals surface area contributed by atoms with Gasteiger partial charge in [0, 0.05) is 5.39 Å². The zero-order valence-corrected chi connectivity index (χ0v) is 8.80. The summed E-state index contributed by atoms with van der Waals surface area (Å²) in [5.74, 6) is 0. The molecule has 0 radical (unpaired) electrons. The Labute approximate surface area is 94.8 Å². The molecule has 3 rings (SSSR count). The summed E-state index contributed by atoms with van der Waals surface area (Å²) in [7, 11) is 0. The number of aromatic nitrogens is 2. The number of fused-ring (bicyclic) bond motifs is 1. The highest BCUT2D eigenvalue weighted by atomic mass is 19.4. The van der Waals surface area contributed by atoms with Gasteiger partial charge in [-0.1, -0.05) is 6.07 Å². The lowest BCUT2D eigenvalue weighted by Crippen LogP contribution is -2.19. The van der Waals surface area contributed by atoms with Gasteiger partial charge in [0.2, 0.25) is 0 Å². The molecule has 0 saturated heterocycles. The molecule has 1 fully saturated rings. The zero-order chi connectivity index (χ0) is 12.3. The maximum atomic E-state index is 12.5. The van der Waals surface area contributed by atoms with E-state index in [-0.39, 0.29) is 0 Å². The first-order valence-electron chi connectivity index (χ1n) is 5.25. The van der Waals surface area contributed by atoms with E-state index in [2.05, 4.69) is 10.2 Å². The molecule has 0 aliphatic heterocycles. The van der Waals surface area contributed by atoms with Gasteiger partial charge in [-0.25, -0.2) is 0 Å². The van der Waals surface area contributed by atoms with E-state index in [9.17, 15) is 13.2 Å². The second-order valence-corrected chi connectivity index (χ2v) is 4.48. The van der Waals surface area contributed by atoms with Crippen molar-refractivity contribution in [2.75, 3.05) is 0 Å². The molecule has 2 aromatic rings. The average Bonchev–Trinajstić information content (AvgIpc) is 2.85. The van der Waals surface area contributed by atoms with E-state index >= 15 is 0 Å². The van der Waals surface area contributed by atoms with E-state index < -0.39 is 17.3 Å². The number of benzene rings is 1. The van der Waals surface area contributed by atoms with Gasteiger partial charge >= 0.3 is 6.18 Å². The van der Waals surface area contributed by atoms with Gasteiger partial charge in [-0.2, -0.15) is 18.3 Å². The first kappa shape index (κ1) is 10.6. The summed E-state index contributed by atoms with van der Waals surface area (Å²) in [6.07, 6.45) is -2.66. The molecule has 1 aliphatic carbocycles. The van der Waals surface area contributed by atoms with Crippen LogP contribution in [0.4, 0.5) is 13.2 Å². The van der Waals surface area contributed by atoms with Crippen molar-refractivity contribution in [3.63, 3.8) is 0 Å². The van der Waals surface area contributed by atoms with Crippen molar-refractivity contribution in [1.82, 2.24) is 10.2 Å². The number of aromatic amines is 1. The number of nitrogens with one attached hydrogen (secondary N) is 1. The Kier molecular flexibility index (Phi) is 1.87. The fraction of sp³-hybridized carbons (Fsp3) is 0.364. The quantitative estimate of drug-likeness (QED) is 0.806. The predicted molar refractivity (Wildman–Crippen MR) is 56.2 cm³/mol. The number of H-pyrrole nitrogens is 1. The van der Waals surface area contributed by atoms with Gasteiger partial charge < -0.3 is 5.73 Å². The fourth-order valence-corrected chi connectivity index (χ4v) is 1.95. The number of hydrogen-bond acceptors (Lipinski definition) is 2. The molecule has 1 heterocycles. The Morgan fingerprint density at radius 2 is 2.00 bits per heavy atom. The number of nitrogens with two attached hydrogens (primary N) is 1. The van der Waals surface area contributed by atoms with E-state index in [0.717, 1.165) is 30.7 Å². The smallest absolute Gasteiger partial charge is 0.320 e. The summed E-state index contributed by atoms with van der Waals surface area (Å²) in [6.45, 7) is 0. The van der Waals surface area contributed by atoms with Crippen LogP contribution in [0.25, 0.3) is 10.9 Å². The molecule has 0 bridgehead atoms. The first-order chi connectivity index (χ1) is 7.90. The molecule has 1 aromatic heterocycles. The highest BCUT2D eigenvalue weighted by Crippen LogP contribution is 2.44. The molecule has 90 valence electrons. The monoisotopic (exact) mass is 241 g/mol. The lowest BCUT2D eigenvalue weighted by atomic mass is 10.1. The Hall–Kier alpha value is -1.56. The van der Waals surface area contributed by atoms with Gasteiger partial charge in [-0.3, -0.25) is 5.10 Å². The van der Waals surface area contributed by atoms with Crippen molar-refractivity contribution < 1.29 is 13.2 Å². The van der Waals surface area contributed by atoms with Gasteiger partial charge in [0.15, 0.2) is 0 Å². The summed E-state index contributed by atoms with van der Waals surface area (Å²) >= 11 is 0. The lowest BCUT2D eigenvalue weighted by molar-refractivity contribution is -0.137. The lowest BCUT2D eigenvalue weighted by Gasteiger charge is -2.07. The van der Waals surface area contributed by atoms with Crippen molar-refractivity contribution >= 4 is 10.9 Å². The van der Waals surface area contributed by atoms with E-state index in [0.29, 0.717) is 10.9 Å². The minimum atomic E-state index is -4.34. The molecule has 1 aromatic carbocycles. The van der Waals surface area contributed by atoms with Crippen LogP contribution in [0, 0.1) is 0 Å². The van der Waals surface area contributed by atoms with Crippen LogP contribution in [0.1, 0.15) is 24.1 Å². The predicted octanol–water partition coefficient (Wildman–Crippen LogP) is 2.53. The van der Waals surface area contributed by atoms with Gasteiger partial charge in [0.25, 0.3) is 0 Å². The summed E-state index contributed by atoms with van der Waals surface area (Å²) < 4.78 is 37.5. The molecule has 0 unspecified atom stereocenters. The maximum absolute atomic E-state index is 12.5. The van der Waals surface area contributed by atoms with Crippen molar-refractivity contribution in [2.45, 2.75) is 24.6 Å². The highest BCUT2D eigenvalue weighted by Gasteiger charge is 2.43. The normalized spacial score (nSPS) is 18.6. The summed E-state index contributed by atoms with van der Waals surface area (Å²) in [5.41, 5.74) is 5.95. The highest BCUT2D eigenvalue weighted by molar-refractivity contribution is 5.83. The second-order valence-electron chi connectivity index (χ2n) is 4.48. The number of halogens is 3. The van der Waals surface area contributed by atoms with Crippen LogP contribution in [0.3, 0.4) is 0 Å². The standard InChI is InChI=1S/C11H10F3N3/c12-11(13,14)6-1-2-7-8(5-6)16-17-9(7)10(15)3-4-10/h1-2,5H,3-4,15H2,(H,16,17). The largest absolute Gasteiger partial charge is 0.416 e. The zero-order valence-electron chi connectivity index (χ0n) is 8.80. The Balaban J connectivity index is 2.14. The van der Waals surface area contributed by atoms with Gasteiger partial charge in [0.1, 0.15) is 0 Å². The molecule has 3 N–H and O–H groups in total. The third kappa shape index (κ3) is 1.59. The van der Waals surface area contributed by atoms with Crippen molar-refractivity contribution in [3.8, 4) is 0 Å².